The fourth-order valence-corrected chi connectivity index (χ4v) is 4.29. The third kappa shape index (κ3) is 3.08. The molecule has 0 bridgehead atoms. The van der Waals surface area contributed by atoms with E-state index in [1.54, 1.807) is 23.5 Å². The van der Waals surface area contributed by atoms with E-state index in [1.165, 1.54) is 12.1 Å². The number of thiazole rings is 1. The van der Waals surface area contributed by atoms with Crippen molar-refractivity contribution in [1.29, 1.82) is 0 Å². The smallest absolute Gasteiger partial charge is 0.124 e. The highest BCUT2D eigenvalue weighted by Crippen LogP contribution is 2.40. The van der Waals surface area contributed by atoms with Gasteiger partial charge in [0.1, 0.15) is 10.8 Å². The maximum Gasteiger partial charge on any atom is 0.124 e. The predicted molar refractivity (Wildman–Crippen MR) is 114 cm³/mol. The van der Waals surface area contributed by atoms with Gasteiger partial charge >= 0.3 is 0 Å². The number of hydrogen-bond acceptors (Lipinski definition) is 3. The highest BCUT2D eigenvalue weighted by atomic mass is 32.1. The fraction of sp³-hybridized carbons (Fsp3) is 0. The standard InChI is InChI=1S/C24H15FN2S/c25-20-12-10-16(11-13-20)22-23(28-24(27-22)17-6-2-1-3-7-17)19-14-18-8-4-5-9-21(18)26-15-19/h1-15H. The maximum absolute atomic E-state index is 13.4. The van der Waals surface area contributed by atoms with Crippen LogP contribution in [0.4, 0.5) is 4.39 Å². The van der Waals surface area contributed by atoms with Crippen molar-refractivity contribution in [2.24, 2.45) is 0 Å². The number of fused-ring (bicyclic) bond motifs is 1. The minimum atomic E-state index is -0.254. The molecule has 0 saturated carbocycles. The van der Waals surface area contributed by atoms with Crippen LogP contribution in [0.15, 0.2) is 91.1 Å². The molecule has 0 N–H and O–H groups in total. The van der Waals surface area contributed by atoms with Gasteiger partial charge in [-0.15, -0.1) is 11.3 Å². The van der Waals surface area contributed by atoms with Crippen molar-refractivity contribution in [3.63, 3.8) is 0 Å². The second kappa shape index (κ2) is 6.98. The van der Waals surface area contributed by atoms with Gasteiger partial charge in [0.2, 0.25) is 0 Å². The molecule has 0 spiro atoms. The van der Waals surface area contributed by atoms with Crippen LogP contribution in [0.2, 0.25) is 0 Å². The predicted octanol–water partition coefficient (Wildman–Crippen LogP) is 6.83. The van der Waals surface area contributed by atoms with Crippen molar-refractivity contribution in [1.82, 2.24) is 9.97 Å². The number of para-hydroxylation sites is 1. The Labute approximate surface area is 166 Å². The van der Waals surface area contributed by atoms with Crippen LogP contribution in [0, 0.1) is 5.82 Å². The van der Waals surface area contributed by atoms with Crippen LogP contribution in [0.3, 0.4) is 0 Å². The van der Waals surface area contributed by atoms with E-state index in [0.29, 0.717) is 0 Å². The zero-order valence-electron chi connectivity index (χ0n) is 14.8. The van der Waals surface area contributed by atoms with Gasteiger partial charge in [-0.25, -0.2) is 9.37 Å². The molecule has 0 amide bonds. The highest BCUT2D eigenvalue weighted by molar-refractivity contribution is 7.19. The van der Waals surface area contributed by atoms with Gasteiger partial charge in [0.15, 0.2) is 0 Å². The summed E-state index contributed by atoms with van der Waals surface area (Å²) in [6.07, 6.45) is 1.89. The summed E-state index contributed by atoms with van der Waals surface area (Å²) in [7, 11) is 0. The molecular weight excluding hydrogens is 367 g/mol. The largest absolute Gasteiger partial charge is 0.256 e. The average molecular weight is 382 g/mol. The molecular formula is C24H15FN2S. The lowest BCUT2D eigenvalue weighted by molar-refractivity contribution is 0.628. The molecule has 4 heteroatoms. The molecule has 2 aromatic heterocycles. The molecule has 0 aliphatic carbocycles. The van der Waals surface area contributed by atoms with Crippen LogP contribution < -0.4 is 0 Å². The summed E-state index contributed by atoms with van der Waals surface area (Å²) in [5.41, 5.74) is 4.78. The first-order valence-electron chi connectivity index (χ1n) is 8.95. The lowest BCUT2D eigenvalue weighted by Gasteiger charge is -2.04. The number of nitrogens with zero attached hydrogens (tertiary/aromatic N) is 2. The molecule has 28 heavy (non-hydrogen) atoms. The number of aromatic nitrogens is 2. The Hall–Kier alpha value is -3.37. The van der Waals surface area contributed by atoms with E-state index in [9.17, 15) is 4.39 Å². The van der Waals surface area contributed by atoms with Crippen molar-refractivity contribution in [2.75, 3.05) is 0 Å². The third-order valence-electron chi connectivity index (χ3n) is 4.62. The minimum absolute atomic E-state index is 0.254. The molecule has 5 aromatic rings. The summed E-state index contributed by atoms with van der Waals surface area (Å²) in [6.45, 7) is 0. The first kappa shape index (κ1) is 16.8. The Bertz CT molecular complexity index is 1260. The van der Waals surface area contributed by atoms with Gasteiger partial charge in [0.25, 0.3) is 0 Å². The van der Waals surface area contributed by atoms with E-state index in [-0.39, 0.29) is 5.82 Å². The second-order valence-electron chi connectivity index (χ2n) is 6.49. The summed E-state index contributed by atoms with van der Waals surface area (Å²) >= 11 is 1.63. The number of pyridine rings is 1. The Kier molecular flexibility index (Phi) is 4.18. The van der Waals surface area contributed by atoms with Crippen molar-refractivity contribution >= 4 is 22.2 Å². The maximum atomic E-state index is 13.4. The lowest BCUT2D eigenvalue weighted by Crippen LogP contribution is -1.85. The molecule has 0 aliphatic rings. The quantitative estimate of drug-likeness (QED) is 0.342. The number of hydrogen-bond donors (Lipinski definition) is 0. The molecule has 0 radical (unpaired) electrons. The van der Waals surface area contributed by atoms with E-state index in [0.717, 1.165) is 43.2 Å². The van der Waals surface area contributed by atoms with Crippen molar-refractivity contribution in [2.45, 2.75) is 0 Å². The number of benzene rings is 3. The first-order valence-corrected chi connectivity index (χ1v) is 9.77. The summed E-state index contributed by atoms with van der Waals surface area (Å²) in [4.78, 5) is 10.5. The summed E-state index contributed by atoms with van der Waals surface area (Å²) in [5.74, 6) is -0.254. The monoisotopic (exact) mass is 382 g/mol. The second-order valence-corrected chi connectivity index (χ2v) is 7.49. The van der Waals surface area contributed by atoms with Crippen molar-refractivity contribution < 1.29 is 4.39 Å². The zero-order valence-corrected chi connectivity index (χ0v) is 15.7. The van der Waals surface area contributed by atoms with Gasteiger partial charge in [-0.1, -0.05) is 48.5 Å². The van der Waals surface area contributed by atoms with Gasteiger partial charge in [0, 0.05) is 28.3 Å². The molecule has 5 rings (SSSR count). The van der Waals surface area contributed by atoms with Gasteiger partial charge < -0.3 is 0 Å². The normalized spacial score (nSPS) is 11.0. The Morgan fingerprint density at radius 2 is 1.46 bits per heavy atom. The highest BCUT2D eigenvalue weighted by Gasteiger charge is 2.17. The molecule has 0 unspecified atom stereocenters. The molecule has 2 heterocycles. The Morgan fingerprint density at radius 1 is 0.714 bits per heavy atom. The third-order valence-corrected chi connectivity index (χ3v) is 5.77. The summed E-state index contributed by atoms with van der Waals surface area (Å²) in [5, 5.41) is 2.02. The van der Waals surface area contributed by atoms with E-state index < -0.39 is 0 Å². The van der Waals surface area contributed by atoms with Crippen LogP contribution in [-0.2, 0) is 0 Å². The number of rotatable bonds is 3. The molecule has 3 aromatic carbocycles. The molecule has 2 nitrogen and oxygen atoms in total. The molecule has 0 aliphatic heterocycles. The van der Waals surface area contributed by atoms with Crippen LogP contribution in [0.25, 0.3) is 43.2 Å². The topological polar surface area (TPSA) is 25.8 Å². The summed E-state index contributed by atoms with van der Waals surface area (Å²) < 4.78 is 13.4. The Morgan fingerprint density at radius 3 is 2.29 bits per heavy atom. The summed E-state index contributed by atoms with van der Waals surface area (Å²) in [6, 6.07) is 26.8. The van der Waals surface area contributed by atoms with E-state index >= 15 is 0 Å². The minimum Gasteiger partial charge on any atom is -0.256 e. The Balaban J connectivity index is 1.72. The van der Waals surface area contributed by atoms with E-state index in [2.05, 4.69) is 29.2 Å². The van der Waals surface area contributed by atoms with Crippen LogP contribution in [0.5, 0.6) is 0 Å². The molecule has 0 atom stereocenters. The zero-order chi connectivity index (χ0) is 18.9. The molecule has 0 saturated heterocycles. The van der Waals surface area contributed by atoms with Crippen LogP contribution in [-0.4, -0.2) is 9.97 Å². The number of halogens is 1. The van der Waals surface area contributed by atoms with Crippen molar-refractivity contribution in [3.05, 3.63) is 96.9 Å². The van der Waals surface area contributed by atoms with Gasteiger partial charge in [0.05, 0.1) is 16.1 Å². The lowest BCUT2D eigenvalue weighted by atomic mass is 10.1. The first-order chi connectivity index (χ1) is 13.8. The fourth-order valence-electron chi connectivity index (χ4n) is 3.22. The van der Waals surface area contributed by atoms with E-state index in [4.69, 9.17) is 4.98 Å². The average Bonchev–Trinajstić information content (AvgIpc) is 3.20. The molecule has 134 valence electrons. The SMILES string of the molecule is Fc1ccc(-c2nc(-c3ccccc3)sc2-c2cnc3ccccc3c2)cc1. The van der Waals surface area contributed by atoms with Gasteiger partial charge in [-0.3, -0.25) is 4.98 Å². The van der Waals surface area contributed by atoms with Crippen LogP contribution in [0.1, 0.15) is 0 Å². The van der Waals surface area contributed by atoms with Gasteiger partial charge in [-0.05, 0) is 36.4 Å². The van der Waals surface area contributed by atoms with Crippen molar-refractivity contribution in [3.8, 4) is 32.3 Å². The van der Waals surface area contributed by atoms with E-state index in [1.807, 2.05) is 42.6 Å². The van der Waals surface area contributed by atoms with Gasteiger partial charge in [-0.2, -0.15) is 0 Å². The van der Waals surface area contributed by atoms with Crippen LogP contribution >= 0.6 is 11.3 Å². The molecule has 0 fully saturated rings.